The lowest BCUT2D eigenvalue weighted by Crippen LogP contribution is -2.45. The molecule has 25 heavy (non-hydrogen) atoms. The number of nitrogens with zero attached hydrogens (tertiary/aromatic N) is 2. The average molecular weight is 476 g/mol. The van der Waals surface area contributed by atoms with Crippen LogP contribution in [-0.4, -0.2) is 45.1 Å². The van der Waals surface area contributed by atoms with Crippen molar-refractivity contribution in [1.82, 2.24) is 15.5 Å². The zero-order valence-corrected chi connectivity index (χ0v) is 18.7. The van der Waals surface area contributed by atoms with Crippen molar-refractivity contribution in [3.05, 3.63) is 46.5 Å². The van der Waals surface area contributed by atoms with E-state index in [0.717, 1.165) is 24.8 Å². The fraction of sp³-hybridized carbons (Fsp3) is 0.500. The predicted molar refractivity (Wildman–Crippen MR) is 117 cm³/mol. The summed E-state index contributed by atoms with van der Waals surface area (Å²) >= 11 is 1.79. The predicted octanol–water partition coefficient (Wildman–Crippen LogP) is 3.70. The van der Waals surface area contributed by atoms with E-state index < -0.39 is 0 Å². The highest BCUT2D eigenvalue weighted by molar-refractivity contribution is 14.0. The fourth-order valence-corrected chi connectivity index (χ4v) is 3.34. The number of likely N-dealkylation sites (N-methyl/N-ethyl adjacent to an activating group) is 1. The Bertz CT molecular complexity index is 624. The maximum atomic E-state index is 5.55. The van der Waals surface area contributed by atoms with Gasteiger partial charge in [-0.05, 0) is 37.7 Å². The second-order valence-electron chi connectivity index (χ2n) is 6.66. The first-order valence-electron chi connectivity index (χ1n) is 8.12. The molecule has 140 valence electrons. The first kappa shape index (κ1) is 22.0. The van der Waals surface area contributed by atoms with Crippen LogP contribution in [0.25, 0.3) is 0 Å². The Balaban J connectivity index is 0.00000312. The maximum absolute atomic E-state index is 5.55. The summed E-state index contributed by atoms with van der Waals surface area (Å²) < 4.78 is 5.55. The van der Waals surface area contributed by atoms with Crippen molar-refractivity contribution in [3.8, 4) is 0 Å². The summed E-state index contributed by atoms with van der Waals surface area (Å²) in [7, 11) is 5.89. The molecule has 0 saturated heterocycles. The van der Waals surface area contributed by atoms with E-state index in [1.54, 1.807) is 24.6 Å². The highest BCUT2D eigenvalue weighted by Gasteiger charge is 2.22. The molecule has 0 aliphatic heterocycles. The largest absolute Gasteiger partial charge is 0.468 e. The summed E-state index contributed by atoms with van der Waals surface area (Å²) in [6, 6.07) is 8.36. The molecule has 0 bridgehead atoms. The molecule has 0 saturated carbocycles. The van der Waals surface area contributed by atoms with Gasteiger partial charge in [0.15, 0.2) is 5.96 Å². The van der Waals surface area contributed by atoms with Crippen molar-refractivity contribution < 1.29 is 4.42 Å². The molecule has 1 unspecified atom stereocenters. The third kappa shape index (κ3) is 6.31. The minimum absolute atomic E-state index is 0. The van der Waals surface area contributed by atoms with Gasteiger partial charge >= 0.3 is 0 Å². The van der Waals surface area contributed by atoms with Crippen LogP contribution in [0.2, 0.25) is 0 Å². The second kappa shape index (κ2) is 10.2. The van der Waals surface area contributed by atoms with E-state index in [2.05, 4.69) is 51.9 Å². The molecule has 0 spiro atoms. The third-order valence-corrected chi connectivity index (χ3v) is 5.30. The Kier molecular flexibility index (Phi) is 8.95. The molecule has 7 heteroatoms. The number of halogens is 1. The van der Waals surface area contributed by atoms with Crippen LogP contribution in [0, 0.1) is 0 Å². The van der Waals surface area contributed by atoms with Gasteiger partial charge in [0.05, 0.1) is 12.3 Å². The van der Waals surface area contributed by atoms with Crippen molar-refractivity contribution in [2.75, 3.05) is 34.2 Å². The summed E-state index contributed by atoms with van der Waals surface area (Å²) in [6.07, 6.45) is 1.71. The van der Waals surface area contributed by atoms with Crippen molar-refractivity contribution >= 4 is 41.3 Å². The van der Waals surface area contributed by atoms with Gasteiger partial charge in [-0.25, -0.2) is 0 Å². The van der Waals surface area contributed by atoms with Gasteiger partial charge in [-0.15, -0.1) is 35.3 Å². The van der Waals surface area contributed by atoms with Gasteiger partial charge in [-0.3, -0.25) is 9.89 Å². The Hall–Kier alpha value is -1.06. The third-order valence-electron chi connectivity index (χ3n) is 4.07. The van der Waals surface area contributed by atoms with Gasteiger partial charge in [0.2, 0.25) is 0 Å². The van der Waals surface area contributed by atoms with Crippen molar-refractivity contribution in [3.63, 3.8) is 0 Å². The molecule has 2 aromatic rings. The molecule has 0 aliphatic carbocycles. The molecule has 2 heterocycles. The molecule has 5 nitrogen and oxygen atoms in total. The molecule has 2 aromatic heterocycles. The molecule has 0 aliphatic rings. The normalized spacial score (nSPS) is 13.4. The molecule has 2 rings (SSSR count). The first-order chi connectivity index (χ1) is 11.4. The van der Waals surface area contributed by atoms with Crippen LogP contribution in [0.3, 0.4) is 0 Å². The Morgan fingerprint density at radius 2 is 2.04 bits per heavy atom. The molecule has 2 N–H and O–H groups in total. The van der Waals surface area contributed by atoms with Crippen LogP contribution >= 0.6 is 35.3 Å². The molecular formula is C18H29IN4OS. The molecule has 0 radical (unpaired) electrons. The van der Waals surface area contributed by atoms with Crippen LogP contribution in [0.1, 0.15) is 30.5 Å². The number of nitrogens with one attached hydrogen (secondary N) is 2. The van der Waals surface area contributed by atoms with Crippen LogP contribution < -0.4 is 10.6 Å². The van der Waals surface area contributed by atoms with Gasteiger partial charge in [0, 0.05) is 30.4 Å². The summed E-state index contributed by atoms with van der Waals surface area (Å²) in [4.78, 5) is 7.84. The van der Waals surface area contributed by atoms with Crippen LogP contribution in [-0.2, 0) is 5.41 Å². The first-order valence-corrected chi connectivity index (χ1v) is 9.00. The molecule has 0 fully saturated rings. The molecule has 0 aromatic carbocycles. The highest BCUT2D eigenvalue weighted by Crippen LogP contribution is 2.26. The van der Waals surface area contributed by atoms with Crippen LogP contribution in [0.5, 0.6) is 0 Å². The van der Waals surface area contributed by atoms with Gasteiger partial charge in [-0.2, -0.15) is 0 Å². The average Bonchev–Trinajstić information content (AvgIpc) is 3.23. The number of thiophene rings is 1. The lowest BCUT2D eigenvalue weighted by molar-refractivity contribution is 0.258. The highest BCUT2D eigenvalue weighted by atomic mass is 127. The summed E-state index contributed by atoms with van der Waals surface area (Å²) in [6.45, 7) is 6.02. The SMILES string of the molecule is CN=C(NCC(c1ccco1)N(C)C)NCC(C)(C)c1cccs1.I. The van der Waals surface area contributed by atoms with E-state index in [1.165, 1.54) is 4.88 Å². The number of hydrogen-bond donors (Lipinski definition) is 2. The molecular weight excluding hydrogens is 447 g/mol. The minimum Gasteiger partial charge on any atom is -0.468 e. The fourth-order valence-electron chi connectivity index (χ4n) is 2.49. The summed E-state index contributed by atoms with van der Waals surface area (Å²) in [5, 5.41) is 8.95. The number of furan rings is 1. The van der Waals surface area contributed by atoms with E-state index in [9.17, 15) is 0 Å². The lowest BCUT2D eigenvalue weighted by atomic mass is 9.91. The number of hydrogen-bond acceptors (Lipinski definition) is 4. The van der Waals surface area contributed by atoms with Gasteiger partial charge < -0.3 is 15.1 Å². The number of rotatable bonds is 7. The van der Waals surface area contributed by atoms with Gasteiger partial charge in [-0.1, -0.05) is 19.9 Å². The maximum Gasteiger partial charge on any atom is 0.191 e. The van der Waals surface area contributed by atoms with Crippen molar-refractivity contribution in [1.29, 1.82) is 0 Å². The van der Waals surface area contributed by atoms with Crippen molar-refractivity contribution in [2.24, 2.45) is 4.99 Å². The summed E-state index contributed by atoms with van der Waals surface area (Å²) in [5.41, 5.74) is 0.0632. The smallest absolute Gasteiger partial charge is 0.191 e. The van der Waals surface area contributed by atoms with E-state index in [4.69, 9.17) is 4.42 Å². The van der Waals surface area contributed by atoms with Crippen LogP contribution in [0.4, 0.5) is 0 Å². The molecule has 1 atom stereocenters. The standard InChI is InChI=1S/C18H28N4OS.HI/c1-18(2,16-9-7-11-24-16)13-21-17(19-3)20-12-14(22(4)5)15-8-6-10-23-15;/h6-11,14H,12-13H2,1-5H3,(H2,19,20,21);1H. The Morgan fingerprint density at radius 3 is 2.56 bits per heavy atom. The van der Waals surface area contributed by atoms with Crippen molar-refractivity contribution in [2.45, 2.75) is 25.3 Å². The Labute approximate surface area is 171 Å². The van der Waals surface area contributed by atoms with Crippen LogP contribution in [0.15, 0.2) is 45.3 Å². The van der Waals surface area contributed by atoms with Gasteiger partial charge in [0.1, 0.15) is 5.76 Å². The topological polar surface area (TPSA) is 52.8 Å². The monoisotopic (exact) mass is 476 g/mol. The Morgan fingerprint density at radius 1 is 1.28 bits per heavy atom. The second-order valence-corrected chi connectivity index (χ2v) is 7.61. The zero-order valence-electron chi connectivity index (χ0n) is 15.6. The zero-order chi connectivity index (χ0) is 17.6. The number of aliphatic imine (C=N–C) groups is 1. The number of guanidine groups is 1. The minimum atomic E-state index is 0. The quantitative estimate of drug-likeness (QED) is 0.364. The molecule has 0 amide bonds. The van der Waals surface area contributed by atoms with E-state index >= 15 is 0 Å². The van der Waals surface area contributed by atoms with E-state index in [0.29, 0.717) is 0 Å². The lowest BCUT2D eigenvalue weighted by Gasteiger charge is -2.27. The van der Waals surface area contributed by atoms with E-state index in [-0.39, 0.29) is 35.4 Å². The van der Waals surface area contributed by atoms with E-state index in [1.807, 2.05) is 26.2 Å². The van der Waals surface area contributed by atoms with Gasteiger partial charge in [0.25, 0.3) is 0 Å². The summed E-state index contributed by atoms with van der Waals surface area (Å²) in [5.74, 6) is 1.75.